The first-order valence-electron chi connectivity index (χ1n) is 4.10. The van der Waals surface area contributed by atoms with Gasteiger partial charge in [-0.25, -0.2) is 4.98 Å². The molecule has 0 radical (unpaired) electrons. The van der Waals surface area contributed by atoms with Gasteiger partial charge in [-0.05, 0) is 40.8 Å². The average Bonchev–Trinajstić information content (AvgIpc) is 2.16. The molecule has 2 aromatic rings. The van der Waals surface area contributed by atoms with Crippen molar-refractivity contribution < 1.29 is 4.79 Å². The highest BCUT2D eigenvalue weighted by Gasteiger charge is 2.03. The van der Waals surface area contributed by atoms with Gasteiger partial charge in [0.05, 0.1) is 17.2 Å². The molecule has 0 saturated heterocycles. The Labute approximate surface area is 94.7 Å². The molecule has 0 fully saturated rings. The zero-order valence-electron chi connectivity index (χ0n) is 7.49. The lowest BCUT2D eigenvalue weighted by molar-refractivity contribution is 0.101. The summed E-state index contributed by atoms with van der Waals surface area (Å²) in [6.45, 7) is 1.49. The third kappa shape index (κ3) is 1.75. The molecule has 0 bridgehead atoms. The predicted molar refractivity (Wildman–Crippen MR) is 62.3 cm³/mol. The smallest absolute Gasteiger partial charge is 0.179 e. The van der Waals surface area contributed by atoms with Crippen LogP contribution in [0.4, 0.5) is 0 Å². The van der Waals surface area contributed by atoms with Crippen molar-refractivity contribution in [2.24, 2.45) is 0 Å². The number of aromatic nitrogens is 2. The van der Waals surface area contributed by atoms with Crippen LogP contribution in [-0.4, -0.2) is 15.8 Å². The Kier molecular flexibility index (Phi) is 2.45. The van der Waals surface area contributed by atoms with E-state index in [0.717, 1.165) is 14.6 Å². The minimum Gasteiger partial charge on any atom is -0.293 e. The number of halogens is 1. The number of hydrogen-bond donors (Lipinski definition) is 0. The van der Waals surface area contributed by atoms with E-state index in [-0.39, 0.29) is 5.78 Å². The van der Waals surface area contributed by atoms with E-state index in [4.69, 9.17) is 0 Å². The van der Waals surface area contributed by atoms with Crippen molar-refractivity contribution in [3.8, 4) is 0 Å². The second kappa shape index (κ2) is 3.61. The summed E-state index contributed by atoms with van der Waals surface area (Å²) in [4.78, 5) is 19.4. The molecule has 0 aliphatic rings. The summed E-state index contributed by atoms with van der Waals surface area (Å²) in [6, 6.07) is 5.75. The highest BCUT2D eigenvalue weighted by molar-refractivity contribution is 14.1. The van der Waals surface area contributed by atoms with Gasteiger partial charge in [0.25, 0.3) is 0 Å². The molecule has 0 N–H and O–H groups in total. The van der Waals surface area contributed by atoms with Crippen LogP contribution in [0.15, 0.2) is 24.4 Å². The Hall–Kier alpha value is -1.04. The third-order valence-electron chi connectivity index (χ3n) is 1.86. The number of Topliss-reactive ketones (excluding diaryl/α,β-unsaturated/α-hetero) is 1. The number of ketones is 1. The van der Waals surface area contributed by atoms with Gasteiger partial charge in [0.1, 0.15) is 5.69 Å². The third-order valence-corrected chi connectivity index (χ3v) is 2.54. The molecule has 0 aliphatic carbocycles. The molecule has 70 valence electrons. The van der Waals surface area contributed by atoms with Gasteiger partial charge < -0.3 is 0 Å². The van der Waals surface area contributed by atoms with E-state index >= 15 is 0 Å². The monoisotopic (exact) mass is 298 g/mol. The number of hydrogen-bond acceptors (Lipinski definition) is 3. The van der Waals surface area contributed by atoms with Crippen LogP contribution in [0.25, 0.3) is 11.0 Å². The summed E-state index contributed by atoms with van der Waals surface area (Å²) in [5, 5.41) is 0. The van der Waals surface area contributed by atoms with Crippen molar-refractivity contribution in [3.05, 3.63) is 33.7 Å². The molecule has 0 saturated carbocycles. The lowest BCUT2D eigenvalue weighted by Gasteiger charge is -1.98. The van der Waals surface area contributed by atoms with Gasteiger partial charge >= 0.3 is 0 Å². The Morgan fingerprint density at radius 1 is 1.36 bits per heavy atom. The minimum absolute atomic E-state index is 0.0575. The Bertz CT molecular complexity index is 510. The molecule has 0 unspecified atom stereocenters. The van der Waals surface area contributed by atoms with Crippen LogP contribution < -0.4 is 0 Å². The highest BCUT2D eigenvalue weighted by Crippen LogP contribution is 2.13. The predicted octanol–water partition coefficient (Wildman–Crippen LogP) is 2.44. The van der Waals surface area contributed by atoms with Crippen molar-refractivity contribution in [2.75, 3.05) is 0 Å². The summed E-state index contributed by atoms with van der Waals surface area (Å²) in [6.07, 6.45) is 1.51. The van der Waals surface area contributed by atoms with E-state index in [1.807, 2.05) is 18.2 Å². The van der Waals surface area contributed by atoms with Gasteiger partial charge in [0.2, 0.25) is 0 Å². The first-order valence-corrected chi connectivity index (χ1v) is 5.18. The molecule has 0 aliphatic heterocycles. The summed E-state index contributed by atoms with van der Waals surface area (Å²) < 4.78 is 1.11. The van der Waals surface area contributed by atoms with Crippen LogP contribution in [0.2, 0.25) is 0 Å². The Morgan fingerprint density at radius 3 is 2.86 bits per heavy atom. The quantitative estimate of drug-likeness (QED) is 0.600. The summed E-state index contributed by atoms with van der Waals surface area (Å²) >= 11 is 2.22. The first kappa shape index (κ1) is 9.51. The molecule has 0 spiro atoms. The molecule has 1 heterocycles. The molecule has 1 aromatic heterocycles. The molecule has 4 heteroatoms. The van der Waals surface area contributed by atoms with Crippen LogP contribution in [0.1, 0.15) is 17.4 Å². The zero-order chi connectivity index (χ0) is 10.1. The van der Waals surface area contributed by atoms with Gasteiger partial charge in [-0.1, -0.05) is 0 Å². The molecule has 1 aromatic carbocycles. The number of carbonyl (C=O) groups is 1. The first-order chi connectivity index (χ1) is 6.66. The van der Waals surface area contributed by atoms with Gasteiger partial charge in [0, 0.05) is 10.5 Å². The Balaban J connectivity index is 2.67. The van der Waals surface area contributed by atoms with Crippen LogP contribution in [0.5, 0.6) is 0 Å². The largest absolute Gasteiger partial charge is 0.293 e. The summed E-state index contributed by atoms with van der Waals surface area (Å²) in [5.74, 6) is -0.0575. The van der Waals surface area contributed by atoms with Gasteiger partial charge in [-0.15, -0.1) is 0 Å². The molecule has 14 heavy (non-hydrogen) atoms. The maximum absolute atomic E-state index is 11.1. The van der Waals surface area contributed by atoms with E-state index in [2.05, 4.69) is 32.6 Å². The summed E-state index contributed by atoms with van der Waals surface area (Å²) in [7, 11) is 0. The molecular formula is C10H7IN2O. The maximum Gasteiger partial charge on any atom is 0.179 e. The second-order valence-corrected chi connectivity index (χ2v) is 4.19. The fourth-order valence-corrected chi connectivity index (χ4v) is 1.63. The average molecular weight is 298 g/mol. The number of nitrogens with zero attached hydrogens (tertiary/aromatic N) is 2. The normalized spacial score (nSPS) is 10.4. The molecular weight excluding hydrogens is 291 g/mol. The SMILES string of the molecule is CC(=O)c1cnc2cc(I)ccc2n1. The maximum atomic E-state index is 11.1. The van der Waals surface area contributed by atoms with E-state index in [0.29, 0.717) is 5.69 Å². The van der Waals surface area contributed by atoms with Crippen LogP contribution in [0.3, 0.4) is 0 Å². The number of carbonyl (C=O) groups excluding carboxylic acids is 1. The van der Waals surface area contributed by atoms with Gasteiger partial charge in [-0.2, -0.15) is 0 Å². The Morgan fingerprint density at radius 2 is 2.14 bits per heavy atom. The van der Waals surface area contributed by atoms with Crippen molar-refractivity contribution in [1.29, 1.82) is 0 Å². The van der Waals surface area contributed by atoms with E-state index in [1.54, 1.807) is 0 Å². The van der Waals surface area contributed by atoms with Crippen molar-refractivity contribution in [1.82, 2.24) is 9.97 Å². The van der Waals surface area contributed by atoms with Crippen LogP contribution in [0, 0.1) is 3.57 Å². The minimum atomic E-state index is -0.0575. The number of benzene rings is 1. The van der Waals surface area contributed by atoms with Crippen molar-refractivity contribution in [2.45, 2.75) is 6.92 Å². The number of fused-ring (bicyclic) bond motifs is 1. The van der Waals surface area contributed by atoms with E-state index < -0.39 is 0 Å². The lowest BCUT2D eigenvalue weighted by Crippen LogP contribution is -1.98. The van der Waals surface area contributed by atoms with Crippen LogP contribution in [-0.2, 0) is 0 Å². The van der Waals surface area contributed by atoms with Crippen LogP contribution >= 0.6 is 22.6 Å². The fraction of sp³-hybridized carbons (Fsp3) is 0.100. The van der Waals surface area contributed by atoms with E-state index in [9.17, 15) is 4.79 Å². The number of rotatable bonds is 1. The molecule has 0 amide bonds. The molecule has 0 atom stereocenters. The topological polar surface area (TPSA) is 42.9 Å². The lowest BCUT2D eigenvalue weighted by atomic mass is 10.2. The van der Waals surface area contributed by atoms with Gasteiger partial charge in [-0.3, -0.25) is 9.78 Å². The van der Waals surface area contributed by atoms with Crippen molar-refractivity contribution >= 4 is 39.4 Å². The highest BCUT2D eigenvalue weighted by atomic mass is 127. The fourth-order valence-electron chi connectivity index (χ4n) is 1.15. The second-order valence-electron chi connectivity index (χ2n) is 2.94. The zero-order valence-corrected chi connectivity index (χ0v) is 9.65. The van der Waals surface area contributed by atoms with Crippen molar-refractivity contribution in [3.63, 3.8) is 0 Å². The van der Waals surface area contributed by atoms with E-state index in [1.165, 1.54) is 13.1 Å². The van der Waals surface area contributed by atoms with Gasteiger partial charge in [0.15, 0.2) is 5.78 Å². The molecule has 2 rings (SSSR count). The standard InChI is InChI=1S/C10H7IN2O/c1-6(14)10-5-12-9-4-7(11)2-3-8(9)13-10/h2-5H,1H3. The molecule has 3 nitrogen and oxygen atoms in total. The summed E-state index contributed by atoms with van der Waals surface area (Å²) in [5.41, 5.74) is 2.00.